The first-order chi connectivity index (χ1) is 24.6. The van der Waals surface area contributed by atoms with Crippen molar-refractivity contribution in [3.05, 3.63) is 215 Å². The highest BCUT2D eigenvalue weighted by molar-refractivity contribution is 5.83. The van der Waals surface area contributed by atoms with Crippen LogP contribution in [-0.4, -0.2) is 6.61 Å². The van der Waals surface area contributed by atoms with Crippen LogP contribution in [0.2, 0.25) is 0 Å². The number of hydrogen-bond donors (Lipinski definition) is 0. The molecule has 1 aliphatic heterocycles. The first-order valence-electron chi connectivity index (χ1n) is 17.5. The summed E-state index contributed by atoms with van der Waals surface area (Å²) >= 11 is 0. The van der Waals surface area contributed by atoms with E-state index in [1.807, 2.05) is 6.07 Å². The second-order valence-corrected chi connectivity index (χ2v) is 12.9. The molecule has 0 saturated heterocycles. The zero-order valence-corrected chi connectivity index (χ0v) is 29.1. The summed E-state index contributed by atoms with van der Waals surface area (Å²) < 4.78 is 6.30. The Labute approximate surface area is 297 Å². The van der Waals surface area contributed by atoms with Gasteiger partial charge in [0.2, 0.25) is 0 Å². The van der Waals surface area contributed by atoms with E-state index in [0.29, 0.717) is 6.61 Å². The standard InChI is InChI=1S/C28H27NO.C20H16/c1-3-12-23-15-11-19-27(22(23)2)29(25-16-5-4-6-17-25)26-18-9-7-13-24-14-8-10-20-28(24)30-21-26;1-20(15-9-3-2-4-10-15)18-13-7-5-11-16(18)17-12-6-8-14-19(17)20/h3-12,14-20H,13,21H2,1-2H3;2-14H,1H3/b9-7-,12-3-,26-18+;. The van der Waals surface area contributed by atoms with Gasteiger partial charge in [0.05, 0.1) is 5.70 Å². The summed E-state index contributed by atoms with van der Waals surface area (Å²) in [6, 6.07) is 53.6. The van der Waals surface area contributed by atoms with Crippen LogP contribution in [0.1, 0.15) is 47.2 Å². The van der Waals surface area contributed by atoms with Crippen LogP contribution in [0, 0.1) is 6.92 Å². The number of hydrogen-bond acceptors (Lipinski definition) is 2. The summed E-state index contributed by atoms with van der Waals surface area (Å²) in [6.07, 6.45) is 11.6. The molecule has 6 aromatic carbocycles. The fourth-order valence-corrected chi connectivity index (χ4v) is 7.34. The van der Waals surface area contributed by atoms with Crippen molar-refractivity contribution >= 4 is 17.5 Å². The van der Waals surface area contributed by atoms with Crippen molar-refractivity contribution < 1.29 is 4.74 Å². The van der Waals surface area contributed by atoms with E-state index in [4.69, 9.17) is 4.74 Å². The van der Waals surface area contributed by atoms with Crippen molar-refractivity contribution in [2.45, 2.75) is 32.6 Å². The average molecular weight is 650 g/mol. The van der Waals surface area contributed by atoms with Crippen LogP contribution in [-0.2, 0) is 11.8 Å². The van der Waals surface area contributed by atoms with Crippen molar-refractivity contribution in [1.82, 2.24) is 0 Å². The van der Waals surface area contributed by atoms with Gasteiger partial charge in [-0.3, -0.25) is 0 Å². The van der Waals surface area contributed by atoms with E-state index in [-0.39, 0.29) is 5.41 Å². The van der Waals surface area contributed by atoms with Crippen molar-refractivity contribution in [2.24, 2.45) is 0 Å². The molecule has 50 heavy (non-hydrogen) atoms. The highest BCUT2D eigenvalue weighted by Crippen LogP contribution is 2.51. The molecule has 0 N–H and O–H groups in total. The Balaban J connectivity index is 0.000000169. The molecule has 246 valence electrons. The molecule has 2 aliphatic rings. The third kappa shape index (κ3) is 6.33. The molecule has 0 radical (unpaired) electrons. The molecule has 0 fully saturated rings. The maximum Gasteiger partial charge on any atom is 0.129 e. The second kappa shape index (κ2) is 14.7. The van der Waals surface area contributed by atoms with E-state index in [9.17, 15) is 0 Å². The first kappa shape index (κ1) is 32.7. The molecule has 0 atom stereocenters. The van der Waals surface area contributed by atoms with Crippen LogP contribution in [0.3, 0.4) is 0 Å². The fourth-order valence-electron chi connectivity index (χ4n) is 7.34. The lowest BCUT2D eigenvalue weighted by atomic mass is 9.74. The molecule has 2 nitrogen and oxygen atoms in total. The molecule has 8 rings (SSSR count). The Morgan fingerprint density at radius 1 is 0.660 bits per heavy atom. The van der Waals surface area contributed by atoms with Gasteiger partial charge in [-0.25, -0.2) is 0 Å². The topological polar surface area (TPSA) is 12.5 Å². The van der Waals surface area contributed by atoms with Gasteiger partial charge in [0.15, 0.2) is 0 Å². The van der Waals surface area contributed by atoms with Gasteiger partial charge in [0.1, 0.15) is 12.4 Å². The Morgan fingerprint density at radius 2 is 1.28 bits per heavy atom. The third-order valence-corrected chi connectivity index (χ3v) is 9.92. The Kier molecular flexibility index (Phi) is 9.62. The molecule has 0 spiro atoms. The monoisotopic (exact) mass is 649 g/mol. The van der Waals surface area contributed by atoms with Crippen LogP contribution in [0.15, 0.2) is 182 Å². The number of ether oxygens (including phenoxy) is 1. The van der Waals surface area contributed by atoms with E-state index in [0.717, 1.165) is 29.2 Å². The number of rotatable bonds is 5. The predicted molar refractivity (Wildman–Crippen MR) is 211 cm³/mol. The fraction of sp³-hybridized carbons (Fsp3) is 0.125. The van der Waals surface area contributed by atoms with Crippen LogP contribution in [0.25, 0.3) is 17.2 Å². The van der Waals surface area contributed by atoms with Gasteiger partial charge in [0, 0.05) is 16.8 Å². The molecule has 0 aromatic heterocycles. The Bertz CT molecular complexity index is 2130. The van der Waals surface area contributed by atoms with Gasteiger partial charge in [0.25, 0.3) is 0 Å². The first-order valence-corrected chi connectivity index (χ1v) is 17.5. The predicted octanol–water partition coefficient (Wildman–Crippen LogP) is 12.3. The summed E-state index contributed by atoms with van der Waals surface area (Å²) in [5.74, 6) is 0.947. The zero-order chi connectivity index (χ0) is 34.3. The number of fused-ring (bicyclic) bond motifs is 4. The summed E-state index contributed by atoms with van der Waals surface area (Å²) in [7, 11) is 0. The molecular weight excluding hydrogens is 607 g/mol. The summed E-state index contributed by atoms with van der Waals surface area (Å²) in [5.41, 5.74) is 13.9. The largest absolute Gasteiger partial charge is 0.487 e. The van der Waals surface area contributed by atoms with Gasteiger partial charge in [-0.2, -0.15) is 0 Å². The zero-order valence-electron chi connectivity index (χ0n) is 29.1. The van der Waals surface area contributed by atoms with Gasteiger partial charge in [-0.1, -0.05) is 152 Å². The van der Waals surface area contributed by atoms with E-state index in [1.165, 1.54) is 44.5 Å². The highest BCUT2D eigenvalue weighted by atomic mass is 16.5. The quantitative estimate of drug-likeness (QED) is 0.184. The van der Waals surface area contributed by atoms with Crippen LogP contribution >= 0.6 is 0 Å². The number of allylic oxidation sites excluding steroid dienone is 4. The maximum atomic E-state index is 6.30. The van der Waals surface area contributed by atoms with Gasteiger partial charge in [-0.05, 0) is 102 Å². The molecule has 1 aliphatic carbocycles. The maximum absolute atomic E-state index is 6.30. The molecule has 0 saturated carbocycles. The van der Waals surface area contributed by atoms with Crippen molar-refractivity contribution in [1.29, 1.82) is 0 Å². The smallest absolute Gasteiger partial charge is 0.129 e. The van der Waals surface area contributed by atoms with Crippen molar-refractivity contribution in [2.75, 3.05) is 11.5 Å². The normalized spacial score (nSPS) is 15.7. The van der Waals surface area contributed by atoms with Gasteiger partial charge >= 0.3 is 0 Å². The SMILES string of the molecule is C/C=C\c1cccc(N(/C2=C/C=C\Cc3ccccc3OC2)c2ccccc2)c1C.CC1(c2ccccc2)c2ccccc2-c2ccccc21. The number of anilines is 2. The lowest BCUT2D eigenvalue weighted by Gasteiger charge is -2.30. The Morgan fingerprint density at radius 3 is 1.98 bits per heavy atom. The summed E-state index contributed by atoms with van der Waals surface area (Å²) in [4.78, 5) is 2.31. The van der Waals surface area contributed by atoms with Crippen LogP contribution < -0.4 is 9.64 Å². The minimum atomic E-state index is -0.0472. The molecular formula is C48H43NO. The molecule has 1 heterocycles. The van der Waals surface area contributed by atoms with Crippen LogP contribution in [0.5, 0.6) is 5.75 Å². The van der Waals surface area contributed by atoms with Gasteiger partial charge in [-0.15, -0.1) is 0 Å². The minimum absolute atomic E-state index is 0.0472. The summed E-state index contributed by atoms with van der Waals surface area (Å²) in [5, 5.41) is 0. The Hall–Kier alpha value is -5.86. The molecule has 6 aromatic rings. The van der Waals surface area contributed by atoms with Crippen molar-refractivity contribution in [3.63, 3.8) is 0 Å². The van der Waals surface area contributed by atoms with E-state index >= 15 is 0 Å². The second-order valence-electron chi connectivity index (χ2n) is 12.9. The third-order valence-electron chi connectivity index (χ3n) is 9.92. The molecule has 2 heteroatoms. The number of nitrogens with zero attached hydrogens (tertiary/aromatic N) is 1. The van der Waals surface area contributed by atoms with E-state index in [2.05, 4.69) is 202 Å². The lowest BCUT2D eigenvalue weighted by Crippen LogP contribution is -2.22. The molecule has 0 bridgehead atoms. The van der Waals surface area contributed by atoms with E-state index < -0.39 is 0 Å². The van der Waals surface area contributed by atoms with Crippen LogP contribution in [0.4, 0.5) is 11.4 Å². The van der Waals surface area contributed by atoms with Gasteiger partial charge < -0.3 is 9.64 Å². The highest BCUT2D eigenvalue weighted by Gasteiger charge is 2.40. The van der Waals surface area contributed by atoms with E-state index in [1.54, 1.807) is 0 Å². The molecule has 0 amide bonds. The lowest BCUT2D eigenvalue weighted by molar-refractivity contribution is 0.347. The number of para-hydroxylation sites is 2. The van der Waals surface area contributed by atoms with Crippen molar-refractivity contribution in [3.8, 4) is 16.9 Å². The minimum Gasteiger partial charge on any atom is -0.487 e. The molecule has 0 unspecified atom stereocenters. The number of benzene rings is 6. The summed E-state index contributed by atoms with van der Waals surface area (Å²) in [6.45, 7) is 7.07. The average Bonchev–Trinajstić information content (AvgIpc) is 3.49.